The van der Waals surface area contributed by atoms with Crippen molar-refractivity contribution in [2.24, 2.45) is 0 Å². The summed E-state index contributed by atoms with van der Waals surface area (Å²) in [5, 5.41) is 15.4. The van der Waals surface area contributed by atoms with E-state index >= 15 is 0 Å². The van der Waals surface area contributed by atoms with Crippen LogP contribution in [0.1, 0.15) is 12.0 Å². The molecule has 0 spiro atoms. The molecule has 0 fully saturated rings. The zero-order valence-electron chi connectivity index (χ0n) is 12.7. The fourth-order valence-corrected chi connectivity index (χ4v) is 2.62. The molecule has 1 amide bonds. The number of hydrazine groups is 1. The molecule has 0 aliphatic carbocycles. The largest absolute Gasteiger partial charge is 0.481 e. The van der Waals surface area contributed by atoms with Crippen molar-refractivity contribution in [2.45, 2.75) is 13.3 Å². The summed E-state index contributed by atoms with van der Waals surface area (Å²) >= 11 is 0. The van der Waals surface area contributed by atoms with Crippen molar-refractivity contribution in [3.05, 3.63) is 42.0 Å². The predicted octanol–water partition coefficient (Wildman–Crippen LogP) is 1.50. The third-order valence-electron chi connectivity index (χ3n) is 3.77. The number of benzene rings is 1. The molecule has 120 valence electrons. The van der Waals surface area contributed by atoms with Crippen LogP contribution in [0, 0.1) is 6.92 Å². The van der Waals surface area contributed by atoms with Crippen molar-refractivity contribution in [1.29, 1.82) is 0 Å². The predicted molar refractivity (Wildman–Crippen MR) is 86.0 cm³/mol. The number of rotatable bonds is 4. The van der Waals surface area contributed by atoms with E-state index in [-0.39, 0.29) is 0 Å². The fourth-order valence-electron chi connectivity index (χ4n) is 2.62. The summed E-state index contributed by atoms with van der Waals surface area (Å²) in [7, 11) is 0. The number of carbonyl (C=O) groups is 2. The van der Waals surface area contributed by atoms with Gasteiger partial charge in [-0.2, -0.15) is 0 Å². The van der Waals surface area contributed by atoms with Gasteiger partial charge in [-0.25, -0.2) is 10.4 Å². The number of carboxylic acid groups (broad SMARTS) is 1. The van der Waals surface area contributed by atoms with Gasteiger partial charge in [-0.15, -0.1) is 15.0 Å². The Morgan fingerprint density at radius 3 is 2.71 bits per heavy atom. The molecule has 0 saturated carbocycles. The van der Waals surface area contributed by atoms with E-state index in [9.17, 15) is 9.59 Å². The molecule has 0 saturated heterocycles. The van der Waals surface area contributed by atoms with Crippen molar-refractivity contribution in [1.82, 2.24) is 20.3 Å². The molecular formula is C16H13N5O3. The summed E-state index contributed by atoms with van der Waals surface area (Å²) in [6.07, 6.45) is -0.584. The minimum Gasteiger partial charge on any atom is -0.481 e. The number of amides is 1. The van der Waals surface area contributed by atoms with Crippen molar-refractivity contribution >= 4 is 28.6 Å². The zero-order chi connectivity index (χ0) is 16.8. The molecule has 3 aromatic rings. The second kappa shape index (κ2) is 5.05. The highest BCUT2D eigenvalue weighted by molar-refractivity contribution is 5.94. The van der Waals surface area contributed by atoms with Gasteiger partial charge in [0.05, 0.1) is 11.2 Å². The van der Waals surface area contributed by atoms with Crippen LogP contribution in [0.25, 0.3) is 22.3 Å². The lowest BCUT2D eigenvalue weighted by atomic mass is 10.1. The molecule has 24 heavy (non-hydrogen) atoms. The van der Waals surface area contributed by atoms with Gasteiger partial charge in [0.15, 0.2) is 5.82 Å². The van der Waals surface area contributed by atoms with E-state index in [4.69, 9.17) is 5.11 Å². The summed E-state index contributed by atoms with van der Waals surface area (Å²) < 4.78 is 0. The molecule has 0 unspecified atom stereocenters. The first kappa shape index (κ1) is 14.2. The average Bonchev–Trinajstić information content (AvgIpc) is 2.97. The highest BCUT2D eigenvalue weighted by atomic mass is 16.4. The molecule has 2 N–H and O–H groups in total. The zero-order valence-corrected chi connectivity index (χ0v) is 12.7. The lowest BCUT2D eigenvalue weighted by molar-refractivity contribution is -0.140. The Hall–Kier alpha value is -3.42. The molecule has 1 aromatic carbocycles. The number of nitrogens with zero attached hydrogens (tertiary/aromatic N) is 4. The van der Waals surface area contributed by atoms with Gasteiger partial charge in [0, 0.05) is 11.5 Å². The van der Waals surface area contributed by atoms with Gasteiger partial charge >= 0.3 is 5.97 Å². The lowest BCUT2D eigenvalue weighted by Crippen LogP contribution is -2.35. The number of hydrogen-bond donors (Lipinski definition) is 2. The Balaban J connectivity index is 1.56. The van der Waals surface area contributed by atoms with E-state index in [0.717, 1.165) is 22.2 Å². The molecule has 0 bridgehead atoms. The number of hydrogen-bond acceptors (Lipinski definition) is 5. The van der Waals surface area contributed by atoms with E-state index < -0.39 is 18.3 Å². The molecule has 2 aromatic heterocycles. The van der Waals surface area contributed by atoms with Crippen LogP contribution < -0.4 is 10.5 Å². The smallest absolute Gasteiger partial charge is 0.312 e. The Bertz CT molecular complexity index is 973. The highest BCUT2D eigenvalue weighted by Gasteiger charge is 2.34. The second-order valence-corrected chi connectivity index (χ2v) is 5.54. The SMILES string of the molecule is Cc1cc(-c2cc3n(n2)N3NC(=O)CC(=O)O)nc2ccccc12. The second-order valence-electron chi connectivity index (χ2n) is 5.54. The van der Waals surface area contributed by atoms with Crippen LogP contribution in [0.4, 0.5) is 5.82 Å². The minimum absolute atomic E-state index is 0.584. The highest BCUT2D eigenvalue weighted by Crippen LogP contribution is 2.33. The van der Waals surface area contributed by atoms with Crippen LogP contribution in [0.3, 0.4) is 0 Å². The van der Waals surface area contributed by atoms with Crippen molar-refractivity contribution in [2.75, 3.05) is 5.12 Å². The van der Waals surface area contributed by atoms with Crippen molar-refractivity contribution < 1.29 is 14.7 Å². The molecule has 8 nitrogen and oxygen atoms in total. The summed E-state index contributed by atoms with van der Waals surface area (Å²) in [5.41, 5.74) is 5.90. The van der Waals surface area contributed by atoms with Crippen LogP contribution in [-0.2, 0) is 9.59 Å². The molecule has 8 heteroatoms. The van der Waals surface area contributed by atoms with Gasteiger partial charge < -0.3 is 5.11 Å². The number of anilines is 1. The van der Waals surface area contributed by atoms with Crippen LogP contribution in [0.2, 0.25) is 0 Å². The first-order valence-corrected chi connectivity index (χ1v) is 7.31. The van der Waals surface area contributed by atoms with Gasteiger partial charge in [0.25, 0.3) is 5.91 Å². The van der Waals surface area contributed by atoms with Gasteiger partial charge in [0.2, 0.25) is 0 Å². The topological polar surface area (TPSA) is 100 Å². The molecule has 1 aliphatic heterocycles. The summed E-state index contributed by atoms with van der Waals surface area (Å²) in [5.74, 6) is -1.10. The van der Waals surface area contributed by atoms with Crippen LogP contribution in [0.5, 0.6) is 0 Å². The first-order chi connectivity index (χ1) is 11.5. The number of aliphatic carboxylic acids is 1. The number of aromatic nitrogens is 3. The third-order valence-corrected chi connectivity index (χ3v) is 3.77. The van der Waals surface area contributed by atoms with Gasteiger partial charge in [0.1, 0.15) is 12.1 Å². The molecule has 1 aliphatic rings. The quantitative estimate of drug-likeness (QED) is 0.557. The van der Waals surface area contributed by atoms with E-state index in [1.54, 1.807) is 6.07 Å². The Labute approximate surface area is 136 Å². The van der Waals surface area contributed by atoms with Crippen molar-refractivity contribution in [3.8, 4) is 11.4 Å². The normalized spacial score (nSPS) is 12.1. The van der Waals surface area contributed by atoms with Gasteiger partial charge in [-0.1, -0.05) is 18.2 Å². The Kier molecular flexibility index (Phi) is 2.99. The maximum absolute atomic E-state index is 11.4. The molecule has 0 atom stereocenters. The summed E-state index contributed by atoms with van der Waals surface area (Å²) in [6, 6.07) is 11.7. The summed E-state index contributed by atoms with van der Waals surface area (Å²) in [6.45, 7) is 2.02. The lowest BCUT2D eigenvalue weighted by Gasteiger charge is -2.06. The van der Waals surface area contributed by atoms with E-state index in [1.807, 2.05) is 37.3 Å². The molecule has 4 rings (SSSR count). The van der Waals surface area contributed by atoms with Gasteiger partial charge in [-0.05, 0) is 24.6 Å². The van der Waals surface area contributed by atoms with Crippen LogP contribution in [-0.4, -0.2) is 31.9 Å². The number of para-hydroxylation sites is 1. The average molecular weight is 323 g/mol. The standard InChI is InChI=1S/C16H13N5O3/c1-9-6-12(17-11-5-3-2-4-10(9)11)13-7-15-20(18-13)21(15)19-14(22)8-16(23)24/h2-7H,8H2,1H3,(H,19,22)(H,23,24). The van der Waals surface area contributed by atoms with E-state index in [2.05, 4.69) is 15.5 Å². The number of carboxylic acids is 1. The maximum Gasteiger partial charge on any atom is 0.312 e. The fraction of sp³-hybridized carbons (Fsp3) is 0.125. The first-order valence-electron chi connectivity index (χ1n) is 7.31. The molecular weight excluding hydrogens is 310 g/mol. The van der Waals surface area contributed by atoms with Crippen LogP contribution >= 0.6 is 0 Å². The number of pyridine rings is 1. The third kappa shape index (κ3) is 2.34. The minimum atomic E-state index is -1.18. The maximum atomic E-state index is 11.4. The Morgan fingerprint density at radius 2 is 2.00 bits per heavy atom. The summed E-state index contributed by atoms with van der Waals surface area (Å²) in [4.78, 5) is 28.0. The van der Waals surface area contributed by atoms with Crippen LogP contribution in [0.15, 0.2) is 36.4 Å². The number of fused-ring (bicyclic) bond motifs is 2. The molecule has 3 heterocycles. The number of aryl methyl sites for hydroxylation is 1. The van der Waals surface area contributed by atoms with Gasteiger partial charge in [-0.3, -0.25) is 9.59 Å². The molecule has 0 radical (unpaired) electrons. The van der Waals surface area contributed by atoms with E-state index in [0.29, 0.717) is 11.5 Å². The Morgan fingerprint density at radius 1 is 1.21 bits per heavy atom. The number of nitrogens with one attached hydrogen (secondary N) is 1. The number of carbonyl (C=O) groups excluding carboxylic acids is 1. The van der Waals surface area contributed by atoms with E-state index in [1.165, 1.54) is 9.91 Å². The van der Waals surface area contributed by atoms with Crippen molar-refractivity contribution in [3.63, 3.8) is 0 Å². The monoisotopic (exact) mass is 323 g/mol.